The summed E-state index contributed by atoms with van der Waals surface area (Å²) in [7, 11) is 1.88. The molecule has 2 aromatic carbocycles. The summed E-state index contributed by atoms with van der Waals surface area (Å²) in [5, 5.41) is 23.4. The van der Waals surface area contributed by atoms with Gasteiger partial charge in [0.1, 0.15) is 6.33 Å². The Labute approximate surface area is 164 Å². The first-order valence-corrected chi connectivity index (χ1v) is 9.15. The maximum absolute atomic E-state index is 12.2. The molecular formula is C18H16N6O3S. The van der Waals surface area contributed by atoms with E-state index in [0.717, 1.165) is 10.7 Å². The van der Waals surface area contributed by atoms with Crippen LogP contribution in [0.15, 0.2) is 65.1 Å². The number of amides is 1. The monoisotopic (exact) mass is 396 g/mol. The number of nitro benzene ring substituents is 1. The van der Waals surface area contributed by atoms with Gasteiger partial charge in [0, 0.05) is 24.4 Å². The van der Waals surface area contributed by atoms with E-state index in [-0.39, 0.29) is 5.69 Å². The number of hydrogen-bond donors (Lipinski definition) is 1. The maximum atomic E-state index is 12.2. The van der Waals surface area contributed by atoms with Gasteiger partial charge in [-0.25, -0.2) is 5.43 Å². The lowest BCUT2D eigenvalue weighted by Crippen LogP contribution is -2.17. The van der Waals surface area contributed by atoms with E-state index in [9.17, 15) is 14.9 Å². The number of nitrogens with zero attached hydrogens (tertiary/aromatic N) is 5. The zero-order valence-corrected chi connectivity index (χ0v) is 15.7. The summed E-state index contributed by atoms with van der Waals surface area (Å²) >= 11 is 1.55. The second-order valence-electron chi connectivity index (χ2n) is 5.73. The van der Waals surface area contributed by atoms with Crippen molar-refractivity contribution in [1.29, 1.82) is 0 Å². The lowest BCUT2D eigenvalue weighted by atomic mass is 10.1. The summed E-state index contributed by atoms with van der Waals surface area (Å²) in [6.07, 6.45) is 2.89. The van der Waals surface area contributed by atoms with Crippen LogP contribution in [0.4, 0.5) is 5.69 Å². The second-order valence-corrected chi connectivity index (χ2v) is 6.67. The van der Waals surface area contributed by atoms with Crippen LogP contribution in [0.25, 0.3) is 0 Å². The Bertz CT molecular complexity index is 1020. The van der Waals surface area contributed by atoms with Gasteiger partial charge in [-0.2, -0.15) is 5.10 Å². The van der Waals surface area contributed by atoms with Gasteiger partial charge in [0.05, 0.1) is 16.7 Å². The first kappa shape index (κ1) is 19.2. The molecule has 3 aromatic rings. The SMILES string of the molecule is Cn1cnnc1SCc1ccc(C(=O)NN=Cc2ccccc2[N+](=O)[O-])cc1. The molecule has 1 amide bonds. The van der Waals surface area contributed by atoms with Crippen molar-refractivity contribution in [2.75, 3.05) is 0 Å². The molecule has 0 spiro atoms. The average molecular weight is 396 g/mol. The van der Waals surface area contributed by atoms with Crippen LogP contribution in [0.2, 0.25) is 0 Å². The lowest BCUT2D eigenvalue weighted by Gasteiger charge is -2.03. The topological polar surface area (TPSA) is 115 Å². The van der Waals surface area contributed by atoms with Crippen molar-refractivity contribution >= 4 is 29.6 Å². The fraction of sp³-hybridized carbons (Fsp3) is 0.111. The fourth-order valence-corrected chi connectivity index (χ4v) is 3.14. The molecule has 0 aliphatic carbocycles. The molecule has 0 saturated heterocycles. The Morgan fingerprint density at radius 1 is 1.29 bits per heavy atom. The molecule has 28 heavy (non-hydrogen) atoms. The summed E-state index contributed by atoms with van der Waals surface area (Å²) in [4.78, 5) is 22.6. The van der Waals surface area contributed by atoms with Gasteiger partial charge in [-0.15, -0.1) is 10.2 Å². The molecular weight excluding hydrogens is 380 g/mol. The molecule has 0 unspecified atom stereocenters. The highest BCUT2D eigenvalue weighted by Gasteiger charge is 2.10. The highest BCUT2D eigenvalue weighted by atomic mass is 32.2. The molecule has 10 heteroatoms. The van der Waals surface area contributed by atoms with Crippen LogP contribution in [0.1, 0.15) is 21.5 Å². The number of nitro groups is 1. The van der Waals surface area contributed by atoms with E-state index in [2.05, 4.69) is 20.7 Å². The van der Waals surface area contributed by atoms with E-state index in [0.29, 0.717) is 16.9 Å². The maximum Gasteiger partial charge on any atom is 0.278 e. The van der Waals surface area contributed by atoms with Gasteiger partial charge in [0.2, 0.25) is 0 Å². The van der Waals surface area contributed by atoms with Crippen molar-refractivity contribution in [2.45, 2.75) is 10.9 Å². The number of thioether (sulfide) groups is 1. The Kier molecular flexibility index (Phi) is 6.12. The molecule has 3 rings (SSSR count). The number of benzene rings is 2. The number of hydrogen-bond acceptors (Lipinski definition) is 7. The summed E-state index contributed by atoms with van der Waals surface area (Å²) < 4.78 is 1.83. The minimum atomic E-state index is -0.499. The highest BCUT2D eigenvalue weighted by molar-refractivity contribution is 7.98. The first-order valence-electron chi connectivity index (χ1n) is 8.17. The van der Waals surface area contributed by atoms with E-state index in [4.69, 9.17) is 0 Å². The Balaban J connectivity index is 1.57. The van der Waals surface area contributed by atoms with E-state index in [1.165, 1.54) is 12.3 Å². The van der Waals surface area contributed by atoms with Gasteiger partial charge in [0.15, 0.2) is 5.16 Å². The average Bonchev–Trinajstić information content (AvgIpc) is 3.11. The van der Waals surface area contributed by atoms with Crippen LogP contribution in [-0.2, 0) is 12.8 Å². The molecule has 0 fully saturated rings. The molecule has 0 saturated carbocycles. The van der Waals surface area contributed by atoms with Crippen molar-refractivity contribution in [2.24, 2.45) is 12.1 Å². The third kappa shape index (κ3) is 4.80. The van der Waals surface area contributed by atoms with Gasteiger partial charge < -0.3 is 4.57 Å². The Hall–Kier alpha value is -3.53. The van der Waals surface area contributed by atoms with Crippen LogP contribution in [-0.4, -0.2) is 31.8 Å². The van der Waals surface area contributed by atoms with Gasteiger partial charge in [-0.1, -0.05) is 36.0 Å². The molecule has 1 N–H and O–H groups in total. The van der Waals surface area contributed by atoms with Crippen LogP contribution in [0, 0.1) is 10.1 Å². The number of rotatable bonds is 7. The van der Waals surface area contributed by atoms with Gasteiger partial charge in [-0.3, -0.25) is 14.9 Å². The van der Waals surface area contributed by atoms with E-state index in [1.54, 1.807) is 48.4 Å². The highest BCUT2D eigenvalue weighted by Crippen LogP contribution is 2.20. The van der Waals surface area contributed by atoms with E-state index in [1.807, 2.05) is 23.7 Å². The molecule has 0 bridgehead atoms. The largest absolute Gasteiger partial charge is 0.312 e. The zero-order valence-electron chi connectivity index (χ0n) is 14.8. The number of para-hydroxylation sites is 1. The molecule has 0 radical (unpaired) electrons. The predicted molar refractivity (Wildman–Crippen MR) is 105 cm³/mol. The minimum Gasteiger partial charge on any atom is -0.312 e. The van der Waals surface area contributed by atoms with Gasteiger partial charge in [0.25, 0.3) is 11.6 Å². The van der Waals surface area contributed by atoms with Gasteiger partial charge in [-0.05, 0) is 23.8 Å². The smallest absolute Gasteiger partial charge is 0.278 e. The minimum absolute atomic E-state index is 0.0785. The molecule has 0 aliphatic rings. The predicted octanol–water partition coefficient (Wildman–Crippen LogP) is 2.78. The molecule has 0 aliphatic heterocycles. The zero-order chi connectivity index (χ0) is 19.9. The van der Waals surface area contributed by atoms with Crippen LogP contribution in [0.3, 0.4) is 0 Å². The third-order valence-electron chi connectivity index (χ3n) is 3.76. The molecule has 1 aromatic heterocycles. The standard InChI is InChI=1S/C18H16N6O3S/c1-23-12-20-22-18(23)28-11-13-6-8-14(9-7-13)17(25)21-19-10-15-4-2-3-5-16(15)24(26)27/h2-10,12H,11H2,1H3,(H,21,25). The third-order valence-corrected chi connectivity index (χ3v) is 4.86. The number of nitrogens with one attached hydrogen (secondary N) is 1. The van der Waals surface area contributed by atoms with E-state index >= 15 is 0 Å². The number of carbonyl (C=O) groups excluding carboxylic acids is 1. The second kappa shape index (κ2) is 8.91. The number of aromatic nitrogens is 3. The number of carbonyl (C=O) groups is 1. The molecule has 142 valence electrons. The van der Waals surface area contributed by atoms with Crippen molar-refractivity contribution in [1.82, 2.24) is 20.2 Å². The van der Waals surface area contributed by atoms with Crippen molar-refractivity contribution in [3.8, 4) is 0 Å². The summed E-state index contributed by atoms with van der Waals surface area (Å²) in [6.45, 7) is 0. The Morgan fingerprint density at radius 2 is 2.04 bits per heavy atom. The van der Waals surface area contributed by atoms with Crippen LogP contribution >= 0.6 is 11.8 Å². The summed E-state index contributed by atoms with van der Waals surface area (Å²) in [5.41, 5.74) is 4.08. The summed E-state index contributed by atoms with van der Waals surface area (Å²) in [6, 6.07) is 13.3. The fourth-order valence-electron chi connectivity index (χ4n) is 2.29. The molecule has 9 nitrogen and oxygen atoms in total. The Morgan fingerprint density at radius 3 is 2.71 bits per heavy atom. The van der Waals surface area contributed by atoms with E-state index < -0.39 is 10.8 Å². The molecule has 1 heterocycles. The van der Waals surface area contributed by atoms with Crippen LogP contribution in [0.5, 0.6) is 0 Å². The lowest BCUT2D eigenvalue weighted by molar-refractivity contribution is -0.385. The first-order chi connectivity index (χ1) is 13.5. The quantitative estimate of drug-likeness (QED) is 0.284. The van der Waals surface area contributed by atoms with Crippen molar-refractivity contribution in [3.63, 3.8) is 0 Å². The number of hydrazone groups is 1. The summed E-state index contributed by atoms with van der Waals surface area (Å²) in [5.74, 6) is 0.298. The normalized spacial score (nSPS) is 10.9. The van der Waals surface area contributed by atoms with Crippen molar-refractivity contribution in [3.05, 3.63) is 81.7 Å². The van der Waals surface area contributed by atoms with Gasteiger partial charge >= 0.3 is 0 Å². The molecule has 0 atom stereocenters. The van der Waals surface area contributed by atoms with Crippen molar-refractivity contribution < 1.29 is 9.72 Å². The number of aryl methyl sites for hydroxylation is 1. The van der Waals surface area contributed by atoms with Crippen LogP contribution < -0.4 is 5.43 Å².